The highest BCUT2D eigenvalue weighted by Gasteiger charge is 2.30. The highest BCUT2D eigenvalue weighted by Crippen LogP contribution is 2.27. The van der Waals surface area contributed by atoms with E-state index in [1.807, 2.05) is 4.90 Å². The van der Waals surface area contributed by atoms with E-state index in [-0.39, 0.29) is 17.7 Å². The monoisotopic (exact) mass is 263 g/mol. The van der Waals surface area contributed by atoms with E-state index in [4.69, 9.17) is 10.5 Å². The van der Waals surface area contributed by atoms with E-state index < -0.39 is 0 Å². The third-order valence-electron chi connectivity index (χ3n) is 3.56. The number of nitrogens with two attached hydrogens (primary N) is 1. The highest BCUT2D eigenvalue weighted by molar-refractivity contribution is 5.65. The molecule has 3 rings (SSSR count). The molecule has 2 unspecified atom stereocenters. The number of aromatic nitrogens is 2. The Bertz CT molecular complexity index is 568. The fourth-order valence-electron chi connectivity index (χ4n) is 2.53. The van der Waals surface area contributed by atoms with Crippen LogP contribution in [-0.4, -0.2) is 33.5 Å². The Balaban J connectivity index is 1.82. The molecule has 0 aromatic carbocycles. The molecule has 7 nitrogen and oxygen atoms in total. The normalized spacial score (nSPS) is 25.6. The molecule has 1 aromatic heterocycles. The maximum Gasteiger partial charge on any atom is 0.278 e. The van der Waals surface area contributed by atoms with Crippen LogP contribution in [0.1, 0.15) is 31.9 Å². The number of H-pyrrole nitrogens is 1. The zero-order valence-electron chi connectivity index (χ0n) is 10.8. The number of anilines is 1. The van der Waals surface area contributed by atoms with Crippen molar-refractivity contribution in [2.75, 3.05) is 5.73 Å². The summed E-state index contributed by atoms with van der Waals surface area (Å²) in [6.45, 7) is 2.63. The number of ether oxygens (including phenoxy) is 1. The molecule has 1 aromatic rings. The lowest BCUT2D eigenvalue weighted by atomic mass is 10.2. The summed E-state index contributed by atoms with van der Waals surface area (Å²) in [6.07, 6.45) is 5.05. The van der Waals surface area contributed by atoms with Gasteiger partial charge in [-0.15, -0.1) is 0 Å². The molecule has 0 amide bonds. The first kappa shape index (κ1) is 12.2. The van der Waals surface area contributed by atoms with Crippen molar-refractivity contribution in [2.45, 2.75) is 45.1 Å². The molecule has 0 spiro atoms. The number of nitrogen functional groups attached to an aromatic ring is 1. The van der Waals surface area contributed by atoms with Crippen molar-refractivity contribution in [2.24, 2.45) is 4.99 Å². The Hall–Kier alpha value is -1.89. The maximum atomic E-state index is 11.7. The molecule has 1 fully saturated rings. The van der Waals surface area contributed by atoms with Crippen LogP contribution in [0.2, 0.25) is 0 Å². The first-order valence-corrected chi connectivity index (χ1v) is 6.51. The third kappa shape index (κ3) is 2.21. The predicted octanol–water partition coefficient (Wildman–Crippen LogP) is 0.743. The average Bonchev–Trinajstić information content (AvgIpc) is 2.86. The van der Waals surface area contributed by atoms with Crippen molar-refractivity contribution in [3.63, 3.8) is 0 Å². The number of fused-ring (bicyclic) bond motifs is 1. The van der Waals surface area contributed by atoms with Crippen molar-refractivity contribution in [3.05, 3.63) is 16.0 Å². The van der Waals surface area contributed by atoms with E-state index in [0.29, 0.717) is 24.0 Å². The number of aliphatic imine (C=N–C) groups is 1. The second-order valence-corrected chi connectivity index (χ2v) is 4.86. The van der Waals surface area contributed by atoms with E-state index in [1.54, 1.807) is 6.34 Å². The van der Waals surface area contributed by atoms with Crippen LogP contribution >= 0.6 is 0 Å². The summed E-state index contributed by atoms with van der Waals surface area (Å²) < 4.78 is 5.92. The lowest BCUT2D eigenvalue weighted by Gasteiger charge is -2.28. The van der Waals surface area contributed by atoms with E-state index in [9.17, 15) is 4.79 Å². The van der Waals surface area contributed by atoms with Crippen LogP contribution in [0.25, 0.3) is 0 Å². The molecule has 19 heavy (non-hydrogen) atoms. The van der Waals surface area contributed by atoms with Gasteiger partial charge < -0.3 is 15.4 Å². The van der Waals surface area contributed by atoms with E-state index >= 15 is 0 Å². The van der Waals surface area contributed by atoms with Gasteiger partial charge in [-0.05, 0) is 19.3 Å². The average molecular weight is 263 g/mol. The smallest absolute Gasteiger partial charge is 0.278 e. The SMILES string of the molecule is CCC1CCC(N2C=Nc3c(nc(N)[nH]c3=O)C2)O1. The topological polar surface area (TPSA) is 96.6 Å². The molecule has 0 aliphatic carbocycles. The highest BCUT2D eigenvalue weighted by atomic mass is 16.5. The summed E-state index contributed by atoms with van der Waals surface area (Å²) in [5.41, 5.74) is 6.21. The number of hydrogen-bond acceptors (Lipinski definition) is 6. The molecule has 2 atom stereocenters. The lowest BCUT2D eigenvalue weighted by molar-refractivity contribution is -0.0259. The largest absolute Gasteiger partial charge is 0.369 e. The molecule has 7 heteroatoms. The van der Waals surface area contributed by atoms with Crippen molar-refractivity contribution in [1.82, 2.24) is 14.9 Å². The van der Waals surface area contributed by atoms with E-state index in [1.165, 1.54) is 0 Å². The van der Waals surface area contributed by atoms with Gasteiger partial charge in [0.1, 0.15) is 6.23 Å². The zero-order chi connectivity index (χ0) is 13.4. The molecule has 0 saturated carbocycles. The molecule has 0 bridgehead atoms. The van der Waals surface area contributed by atoms with Crippen LogP contribution in [0.15, 0.2) is 9.79 Å². The van der Waals surface area contributed by atoms with Gasteiger partial charge in [-0.3, -0.25) is 9.78 Å². The van der Waals surface area contributed by atoms with Gasteiger partial charge in [-0.1, -0.05) is 6.92 Å². The van der Waals surface area contributed by atoms with Gasteiger partial charge in [0.05, 0.1) is 24.7 Å². The maximum absolute atomic E-state index is 11.7. The molecule has 3 heterocycles. The first-order valence-electron chi connectivity index (χ1n) is 6.51. The van der Waals surface area contributed by atoms with Gasteiger partial charge in [-0.25, -0.2) is 9.98 Å². The molecule has 102 valence electrons. The standard InChI is InChI=1S/C12H17N5O2/c1-2-7-3-4-9(19-7)17-5-8-10(14-6-17)11(18)16-12(13)15-8/h6-7,9H,2-5H2,1H3,(H3,13,15,16,18). The van der Waals surface area contributed by atoms with Gasteiger partial charge >= 0.3 is 0 Å². The van der Waals surface area contributed by atoms with Crippen LogP contribution < -0.4 is 11.3 Å². The Kier molecular flexibility index (Phi) is 2.98. The minimum atomic E-state index is -0.294. The van der Waals surface area contributed by atoms with Crippen LogP contribution in [0.5, 0.6) is 0 Å². The fourth-order valence-corrected chi connectivity index (χ4v) is 2.53. The summed E-state index contributed by atoms with van der Waals surface area (Å²) in [7, 11) is 0. The number of nitrogens with zero attached hydrogens (tertiary/aromatic N) is 3. The minimum Gasteiger partial charge on any atom is -0.369 e. The zero-order valence-corrected chi connectivity index (χ0v) is 10.8. The molecule has 0 radical (unpaired) electrons. The second kappa shape index (κ2) is 4.65. The Labute approximate surface area is 110 Å². The van der Waals surface area contributed by atoms with Crippen molar-refractivity contribution < 1.29 is 4.74 Å². The molecule has 2 aliphatic heterocycles. The number of hydrogen-bond donors (Lipinski definition) is 2. The van der Waals surface area contributed by atoms with Gasteiger partial charge in [0, 0.05) is 0 Å². The van der Waals surface area contributed by atoms with Gasteiger partial charge in [0.2, 0.25) is 5.95 Å². The number of rotatable bonds is 2. The van der Waals surface area contributed by atoms with E-state index in [0.717, 1.165) is 19.3 Å². The van der Waals surface area contributed by atoms with Crippen molar-refractivity contribution in [3.8, 4) is 0 Å². The summed E-state index contributed by atoms with van der Waals surface area (Å²) in [5.74, 6) is 0.125. The van der Waals surface area contributed by atoms with Crippen LogP contribution in [0.3, 0.4) is 0 Å². The van der Waals surface area contributed by atoms with Crippen LogP contribution in [-0.2, 0) is 11.3 Å². The second-order valence-electron chi connectivity index (χ2n) is 4.86. The molecule has 1 saturated heterocycles. The van der Waals surface area contributed by atoms with Gasteiger partial charge in [0.15, 0.2) is 5.69 Å². The number of aromatic amines is 1. The predicted molar refractivity (Wildman–Crippen MR) is 71.2 cm³/mol. The quantitative estimate of drug-likeness (QED) is 0.820. The summed E-state index contributed by atoms with van der Waals surface area (Å²) in [5, 5.41) is 0. The van der Waals surface area contributed by atoms with Gasteiger partial charge in [0.25, 0.3) is 5.56 Å². The molecule has 2 aliphatic rings. The third-order valence-corrected chi connectivity index (χ3v) is 3.56. The minimum absolute atomic E-state index is 0.0177. The fraction of sp³-hybridized carbons (Fsp3) is 0.583. The Morgan fingerprint density at radius 2 is 2.42 bits per heavy atom. The summed E-state index contributed by atoms with van der Waals surface area (Å²) in [4.78, 5) is 24.4. The number of nitrogens with one attached hydrogen (secondary N) is 1. The lowest BCUT2D eigenvalue weighted by Crippen LogP contribution is -2.36. The summed E-state index contributed by atoms with van der Waals surface area (Å²) >= 11 is 0. The molecular formula is C12H17N5O2. The summed E-state index contributed by atoms with van der Waals surface area (Å²) in [6, 6.07) is 0. The Morgan fingerprint density at radius 1 is 1.58 bits per heavy atom. The van der Waals surface area contributed by atoms with Gasteiger partial charge in [-0.2, -0.15) is 0 Å². The molecular weight excluding hydrogens is 246 g/mol. The van der Waals surface area contributed by atoms with Crippen molar-refractivity contribution in [1.29, 1.82) is 0 Å². The van der Waals surface area contributed by atoms with E-state index in [2.05, 4.69) is 21.9 Å². The molecule has 3 N–H and O–H groups in total. The van der Waals surface area contributed by atoms with Crippen LogP contribution in [0.4, 0.5) is 11.6 Å². The first-order chi connectivity index (χ1) is 9.17. The van der Waals surface area contributed by atoms with Crippen LogP contribution in [0, 0.1) is 0 Å². The Morgan fingerprint density at radius 3 is 3.16 bits per heavy atom. The van der Waals surface area contributed by atoms with Crippen molar-refractivity contribution >= 4 is 18.0 Å².